The monoisotopic (exact) mass is 253 g/mol. The molecule has 0 spiro atoms. The lowest BCUT2D eigenvalue weighted by molar-refractivity contribution is -0.139. The van der Waals surface area contributed by atoms with Gasteiger partial charge in [-0.1, -0.05) is 12.1 Å². The molecule has 0 aliphatic rings. The van der Waals surface area contributed by atoms with Crippen molar-refractivity contribution in [3.63, 3.8) is 0 Å². The number of ether oxygens (including phenoxy) is 1. The summed E-state index contributed by atoms with van der Waals surface area (Å²) in [5, 5.41) is 3.19. The van der Waals surface area contributed by atoms with E-state index in [2.05, 4.69) is 24.4 Å². The summed E-state index contributed by atoms with van der Waals surface area (Å²) >= 11 is 1.50. The van der Waals surface area contributed by atoms with Crippen LogP contribution in [-0.4, -0.2) is 25.4 Å². The van der Waals surface area contributed by atoms with E-state index in [9.17, 15) is 4.79 Å². The van der Waals surface area contributed by atoms with Crippen LogP contribution in [0.15, 0.2) is 29.2 Å². The maximum absolute atomic E-state index is 11.2. The van der Waals surface area contributed by atoms with E-state index in [1.807, 2.05) is 26.1 Å². The maximum Gasteiger partial charge on any atom is 0.316 e. The highest BCUT2D eigenvalue weighted by Crippen LogP contribution is 2.20. The second-order valence-electron chi connectivity index (χ2n) is 3.67. The van der Waals surface area contributed by atoms with Gasteiger partial charge in [0.25, 0.3) is 0 Å². The quantitative estimate of drug-likeness (QED) is 0.625. The van der Waals surface area contributed by atoms with Crippen LogP contribution in [-0.2, 0) is 9.53 Å². The van der Waals surface area contributed by atoms with Crippen molar-refractivity contribution in [2.75, 3.05) is 19.4 Å². The number of carbonyl (C=O) groups excluding carboxylic acids is 1. The number of hydrogen-bond acceptors (Lipinski definition) is 4. The van der Waals surface area contributed by atoms with Gasteiger partial charge < -0.3 is 10.1 Å². The summed E-state index contributed by atoms with van der Waals surface area (Å²) in [6.45, 7) is 4.37. The minimum Gasteiger partial charge on any atom is -0.465 e. The summed E-state index contributed by atoms with van der Waals surface area (Å²) < 4.78 is 4.87. The first-order valence-electron chi connectivity index (χ1n) is 5.73. The summed E-state index contributed by atoms with van der Waals surface area (Å²) in [6.07, 6.45) is 0. The predicted molar refractivity (Wildman–Crippen MR) is 71.3 cm³/mol. The van der Waals surface area contributed by atoms with E-state index in [1.54, 1.807) is 0 Å². The Hall–Kier alpha value is -1.00. The van der Waals surface area contributed by atoms with E-state index in [0.29, 0.717) is 18.4 Å². The van der Waals surface area contributed by atoms with Gasteiger partial charge in [-0.2, -0.15) is 0 Å². The van der Waals surface area contributed by atoms with E-state index in [-0.39, 0.29) is 5.97 Å². The minimum absolute atomic E-state index is 0.162. The largest absolute Gasteiger partial charge is 0.465 e. The molecule has 1 aromatic rings. The highest BCUT2D eigenvalue weighted by molar-refractivity contribution is 8.00. The molecule has 0 bridgehead atoms. The van der Waals surface area contributed by atoms with Gasteiger partial charge in [-0.3, -0.25) is 4.79 Å². The molecule has 1 unspecified atom stereocenters. The van der Waals surface area contributed by atoms with Crippen LogP contribution in [0.1, 0.15) is 25.5 Å². The Balaban J connectivity index is 2.48. The SMILES string of the molecule is CCOC(=O)CSc1ccc(C(C)NC)cc1. The molecule has 17 heavy (non-hydrogen) atoms. The molecule has 0 aromatic heterocycles. The van der Waals surface area contributed by atoms with Gasteiger partial charge in [-0.15, -0.1) is 11.8 Å². The van der Waals surface area contributed by atoms with E-state index in [1.165, 1.54) is 17.3 Å². The van der Waals surface area contributed by atoms with Gasteiger partial charge in [-0.25, -0.2) is 0 Å². The second kappa shape index (κ2) is 7.35. The van der Waals surface area contributed by atoms with Crippen LogP contribution in [0, 0.1) is 0 Å². The molecule has 3 nitrogen and oxygen atoms in total. The number of benzene rings is 1. The fourth-order valence-corrected chi connectivity index (χ4v) is 2.06. The summed E-state index contributed by atoms with van der Waals surface area (Å²) in [4.78, 5) is 12.3. The van der Waals surface area contributed by atoms with Crippen molar-refractivity contribution in [3.05, 3.63) is 29.8 Å². The Morgan fingerprint density at radius 3 is 2.59 bits per heavy atom. The van der Waals surface area contributed by atoms with Crippen molar-refractivity contribution >= 4 is 17.7 Å². The Morgan fingerprint density at radius 2 is 2.06 bits per heavy atom. The van der Waals surface area contributed by atoms with Crippen LogP contribution in [0.5, 0.6) is 0 Å². The molecular formula is C13H19NO2S. The number of rotatable bonds is 6. The summed E-state index contributed by atoms with van der Waals surface area (Å²) in [6, 6.07) is 8.57. The molecular weight excluding hydrogens is 234 g/mol. The Morgan fingerprint density at radius 1 is 1.41 bits per heavy atom. The molecule has 1 atom stereocenters. The van der Waals surface area contributed by atoms with Gasteiger partial charge >= 0.3 is 5.97 Å². The van der Waals surface area contributed by atoms with E-state index in [0.717, 1.165) is 4.90 Å². The van der Waals surface area contributed by atoms with E-state index < -0.39 is 0 Å². The first-order chi connectivity index (χ1) is 8.17. The van der Waals surface area contributed by atoms with Gasteiger partial charge in [0, 0.05) is 10.9 Å². The molecule has 1 rings (SSSR count). The third-order valence-corrected chi connectivity index (χ3v) is 3.46. The second-order valence-corrected chi connectivity index (χ2v) is 4.72. The first-order valence-corrected chi connectivity index (χ1v) is 6.71. The Bertz CT molecular complexity index is 351. The molecule has 0 heterocycles. The Kier molecular flexibility index (Phi) is 6.08. The van der Waals surface area contributed by atoms with Crippen molar-refractivity contribution in [1.29, 1.82) is 0 Å². The standard InChI is InChI=1S/C13H19NO2S/c1-4-16-13(15)9-17-12-7-5-11(6-8-12)10(2)14-3/h5-8,10,14H,4,9H2,1-3H3. The molecule has 0 amide bonds. The summed E-state index contributed by atoms with van der Waals surface area (Å²) in [5.41, 5.74) is 1.24. The van der Waals surface area contributed by atoms with Crippen molar-refractivity contribution in [2.45, 2.75) is 24.8 Å². The van der Waals surface area contributed by atoms with Crippen LogP contribution in [0.3, 0.4) is 0 Å². The zero-order chi connectivity index (χ0) is 12.7. The fourth-order valence-electron chi connectivity index (χ4n) is 1.36. The van der Waals surface area contributed by atoms with Crippen molar-refractivity contribution < 1.29 is 9.53 Å². The number of nitrogens with one attached hydrogen (secondary N) is 1. The molecule has 94 valence electrons. The van der Waals surface area contributed by atoms with Crippen LogP contribution in [0.4, 0.5) is 0 Å². The lowest BCUT2D eigenvalue weighted by Gasteiger charge is -2.10. The summed E-state index contributed by atoms with van der Waals surface area (Å²) in [5.74, 6) is 0.208. The topological polar surface area (TPSA) is 38.3 Å². The van der Waals surface area contributed by atoms with Crippen LogP contribution in [0.25, 0.3) is 0 Å². The fraction of sp³-hybridized carbons (Fsp3) is 0.462. The van der Waals surface area contributed by atoms with Crippen molar-refractivity contribution in [1.82, 2.24) is 5.32 Å². The van der Waals surface area contributed by atoms with Crippen molar-refractivity contribution in [3.8, 4) is 0 Å². The third-order valence-electron chi connectivity index (χ3n) is 2.48. The number of carbonyl (C=O) groups is 1. The highest BCUT2D eigenvalue weighted by atomic mass is 32.2. The first kappa shape index (κ1) is 14.1. The predicted octanol–water partition coefficient (Wildman–Crippen LogP) is 2.62. The van der Waals surface area contributed by atoms with Crippen LogP contribution < -0.4 is 5.32 Å². The van der Waals surface area contributed by atoms with Gasteiger partial charge in [0.1, 0.15) is 0 Å². The normalized spacial score (nSPS) is 12.2. The molecule has 0 fully saturated rings. The molecule has 0 saturated heterocycles. The third kappa shape index (κ3) is 4.79. The maximum atomic E-state index is 11.2. The molecule has 4 heteroatoms. The molecule has 1 aromatic carbocycles. The van der Waals surface area contributed by atoms with E-state index in [4.69, 9.17) is 4.74 Å². The van der Waals surface area contributed by atoms with Crippen LogP contribution in [0.2, 0.25) is 0 Å². The number of esters is 1. The Labute approximate surface area is 107 Å². The molecule has 0 aliphatic carbocycles. The van der Waals surface area contributed by atoms with Gasteiger partial charge in [0.15, 0.2) is 0 Å². The van der Waals surface area contributed by atoms with Crippen LogP contribution >= 0.6 is 11.8 Å². The molecule has 0 saturated carbocycles. The smallest absolute Gasteiger partial charge is 0.316 e. The average molecular weight is 253 g/mol. The molecule has 1 N–H and O–H groups in total. The number of thioether (sulfide) groups is 1. The van der Waals surface area contributed by atoms with E-state index >= 15 is 0 Å². The lowest BCUT2D eigenvalue weighted by Crippen LogP contribution is -2.11. The van der Waals surface area contributed by atoms with Gasteiger partial charge in [0.05, 0.1) is 12.4 Å². The highest BCUT2D eigenvalue weighted by Gasteiger charge is 2.05. The minimum atomic E-state index is -0.162. The average Bonchev–Trinajstić information content (AvgIpc) is 2.36. The molecule has 0 radical (unpaired) electrons. The zero-order valence-electron chi connectivity index (χ0n) is 10.5. The number of hydrogen-bond donors (Lipinski definition) is 1. The van der Waals surface area contributed by atoms with Crippen molar-refractivity contribution in [2.24, 2.45) is 0 Å². The summed E-state index contributed by atoms with van der Waals surface area (Å²) in [7, 11) is 1.94. The lowest BCUT2D eigenvalue weighted by atomic mass is 10.1. The van der Waals surface area contributed by atoms with Gasteiger partial charge in [-0.05, 0) is 38.6 Å². The molecule has 0 aliphatic heterocycles. The zero-order valence-corrected chi connectivity index (χ0v) is 11.3. The van der Waals surface area contributed by atoms with Gasteiger partial charge in [0.2, 0.25) is 0 Å².